The van der Waals surface area contributed by atoms with E-state index in [1.54, 1.807) is 0 Å². The number of nitrogens with zero attached hydrogens (tertiary/aromatic N) is 3. The van der Waals surface area contributed by atoms with Gasteiger partial charge in [0.25, 0.3) is 0 Å². The number of aromatic nitrogens is 3. The second-order valence-electron chi connectivity index (χ2n) is 19.4. The van der Waals surface area contributed by atoms with E-state index >= 15 is 0 Å². The Morgan fingerprint density at radius 1 is 0.417 bits per heavy atom. The van der Waals surface area contributed by atoms with E-state index in [0.29, 0.717) is 106 Å². The van der Waals surface area contributed by atoms with Crippen LogP contribution >= 0.6 is 0 Å². The van der Waals surface area contributed by atoms with Crippen LogP contribution in [0.2, 0.25) is 0 Å². The van der Waals surface area contributed by atoms with Crippen molar-refractivity contribution in [3.63, 3.8) is 0 Å². The molecule has 6 unspecified atom stereocenters. The summed E-state index contributed by atoms with van der Waals surface area (Å²) in [5.41, 5.74) is -5.36. The van der Waals surface area contributed by atoms with E-state index in [2.05, 4.69) is 0 Å². The van der Waals surface area contributed by atoms with Crippen molar-refractivity contribution >= 4 is 17.9 Å². The maximum absolute atomic E-state index is 14.0. The highest BCUT2D eigenvalue weighted by Crippen LogP contribution is 2.28. The molecule has 1 aromatic rings. The van der Waals surface area contributed by atoms with Crippen LogP contribution in [0.1, 0.15) is 66.2 Å². The van der Waals surface area contributed by atoms with Crippen LogP contribution in [-0.4, -0.2) is 201 Å². The van der Waals surface area contributed by atoms with E-state index in [-0.39, 0.29) is 96.8 Å². The second kappa shape index (κ2) is 28.9. The van der Waals surface area contributed by atoms with Crippen molar-refractivity contribution in [2.24, 2.45) is 16.2 Å². The van der Waals surface area contributed by atoms with Crippen molar-refractivity contribution in [3.05, 3.63) is 31.5 Å². The van der Waals surface area contributed by atoms with Crippen molar-refractivity contribution in [1.29, 1.82) is 0 Å². The molecule has 0 N–H and O–H groups in total. The highest BCUT2D eigenvalue weighted by molar-refractivity contribution is 5.70. The Labute approximate surface area is 419 Å². The topological polar surface area (TPSA) is 272 Å². The summed E-state index contributed by atoms with van der Waals surface area (Å²) in [4.78, 5) is 82.3. The van der Waals surface area contributed by atoms with Gasteiger partial charge in [0, 0.05) is 26.2 Å². The maximum atomic E-state index is 14.0. The third-order valence-corrected chi connectivity index (χ3v) is 13.2. The Bertz CT molecular complexity index is 1880. The Morgan fingerprint density at radius 3 is 0.889 bits per heavy atom. The van der Waals surface area contributed by atoms with Gasteiger partial charge >= 0.3 is 35.0 Å². The largest absolute Gasteiger partial charge is 0.465 e. The number of ether oxygens (including phenoxy) is 15. The zero-order chi connectivity index (χ0) is 51.4. The first-order valence-corrected chi connectivity index (χ1v) is 25.4. The van der Waals surface area contributed by atoms with Crippen LogP contribution < -0.4 is 17.1 Å². The lowest BCUT2D eigenvalue weighted by atomic mass is 9.88. The summed E-state index contributed by atoms with van der Waals surface area (Å²) in [6.45, 7) is 12.6. The van der Waals surface area contributed by atoms with Crippen LogP contribution in [0.3, 0.4) is 0 Å². The predicted octanol–water partition coefficient (Wildman–Crippen LogP) is 0.248. The smallest absolute Gasteiger partial charge is 0.336 e. The zero-order valence-electron chi connectivity index (χ0n) is 42.5. The van der Waals surface area contributed by atoms with E-state index < -0.39 is 90.1 Å². The SMILES string of the molecule is CCOCOCC(CC)(COCC1CO1)COC(=O)CCn1c(=O)n(CCC(=O)OCC(CC)(COCC2CO2)COCC2CO2)c(=O)n(CCC(=O)OCC(CC)(COCC2CO2)COCC2CO2)c1=O. The van der Waals surface area contributed by atoms with E-state index in [4.69, 9.17) is 71.1 Å². The van der Waals surface area contributed by atoms with Gasteiger partial charge in [0.05, 0.1) is 141 Å². The Kier molecular flexibility index (Phi) is 23.1. The molecule has 0 aromatic carbocycles. The van der Waals surface area contributed by atoms with Gasteiger partial charge in [0.2, 0.25) is 0 Å². The number of carbonyl (C=O) groups excluding carboxylic acids is 3. The fourth-order valence-electron chi connectivity index (χ4n) is 7.33. The van der Waals surface area contributed by atoms with Crippen molar-refractivity contribution < 1.29 is 85.4 Å². The lowest BCUT2D eigenvalue weighted by molar-refractivity contribution is -0.156. The fraction of sp³-hybridized carbons (Fsp3) is 0.875. The number of rotatable bonds is 43. The van der Waals surface area contributed by atoms with Crippen molar-refractivity contribution in [1.82, 2.24) is 13.7 Å². The Hall–Kier alpha value is -3.66. The molecule has 5 saturated heterocycles. The number of esters is 3. The van der Waals surface area contributed by atoms with Crippen LogP contribution in [0, 0.1) is 16.2 Å². The molecule has 0 aliphatic carbocycles. The molecular weight excluding hydrogens is 955 g/mol. The molecule has 6 heterocycles. The van der Waals surface area contributed by atoms with Gasteiger partial charge in [-0.2, -0.15) is 0 Å². The molecule has 5 aliphatic rings. The standard InChI is InChI=1S/C48H77N3O21/c1-5-46(25-59-15-35-20-65-35,26-60-16-36-21-66-36)31-70-40(52)9-12-49-43(55)50(13-10-41(53)71-32-47(6-2,27-61-17-37-22-67-37)28-62-18-38-23-68-38)45(57)51(44(49)56)14-11-42(54)72-33-48(7-3,30-64-34-58-8-4)29-63-19-39-24-69-39/h35-39H,5-34H2,1-4H3. The lowest BCUT2D eigenvalue weighted by Crippen LogP contribution is -2.55. The van der Waals surface area contributed by atoms with E-state index in [0.717, 1.165) is 0 Å². The summed E-state index contributed by atoms with van der Waals surface area (Å²) in [6.07, 6.45) is 0.371. The Balaban J connectivity index is 1.13. The molecule has 0 radical (unpaired) electrons. The first kappa shape index (κ1) is 57.6. The molecule has 410 valence electrons. The minimum atomic E-state index is -1.07. The zero-order valence-corrected chi connectivity index (χ0v) is 42.5. The molecule has 0 spiro atoms. The normalized spacial score (nSPS) is 23.1. The monoisotopic (exact) mass is 1030 g/mol. The van der Waals surface area contributed by atoms with Gasteiger partial charge in [-0.3, -0.25) is 14.4 Å². The summed E-state index contributed by atoms with van der Waals surface area (Å²) in [6, 6.07) is 0. The average molecular weight is 1030 g/mol. The second-order valence-corrected chi connectivity index (χ2v) is 19.4. The van der Waals surface area contributed by atoms with Gasteiger partial charge in [-0.05, 0) is 26.2 Å². The van der Waals surface area contributed by atoms with Crippen LogP contribution in [0.4, 0.5) is 0 Å². The highest BCUT2D eigenvalue weighted by atomic mass is 16.7. The number of epoxide rings is 5. The first-order chi connectivity index (χ1) is 34.8. The summed E-state index contributed by atoms with van der Waals surface area (Å²) in [5.74, 6) is -2.20. The van der Waals surface area contributed by atoms with Gasteiger partial charge < -0.3 is 71.1 Å². The molecule has 5 fully saturated rings. The summed E-state index contributed by atoms with van der Waals surface area (Å²) < 4.78 is 86.3. The Morgan fingerprint density at radius 2 is 0.667 bits per heavy atom. The lowest BCUT2D eigenvalue weighted by Gasteiger charge is -2.31. The van der Waals surface area contributed by atoms with E-state index in [9.17, 15) is 28.8 Å². The van der Waals surface area contributed by atoms with Gasteiger partial charge in [0.15, 0.2) is 0 Å². The van der Waals surface area contributed by atoms with Gasteiger partial charge in [0.1, 0.15) is 57.1 Å². The minimum Gasteiger partial charge on any atom is -0.465 e. The minimum absolute atomic E-state index is 0.0139. The molecule has 0 amide bonds. The molecule has 24 heteroatoms. The van der Waals surface area contributed by atoms with Crippen molar-refractivity contribution in [3.8, 4) is 0 Å². The first-order valence-electron chi connectivity index (χ1n) is 25.4. The third-order valence-electron chi connectivity index (χ3n) is 13.2. The molecule has 6 rings (SSSR count). The molecule has 5 aliphatic heterocycles. The highest BCUT2D eigenvalue weighted by Gasteiger charge is 2.37. The van der Waals surface area contributed by atoms with Crippen LogP contribution in [-0.2, 0) is 105 Å². The van der Waals surface area contributed by atoms with Gasteiger partial charge in [-0.15, -0.1) is 0 Å². The molecule has 24 nitrogen and oxygen atoms in total. The van der Waals surface area contributed by atoms with Crippen LogP contribution in [0.25, 0.3) is 0 Å². The van der Waals surface area contributed by atoms with Gasteiger partial charge in [-0.25, -0.2) is 28.1 Å². The van der Waals surface area contributed by atoms with Crippen LogP contribution in [0.15, 0.2) is 14.4 Å². The summed E-state index contributed by atoms with van der Waals surface area (Å²) in [5, 5.41) is 0. The van der Waals surface area contributed by atoms with Crippen molar-refractivity contribution in [2.45, 2.75) is 116 Å². The molecular formula is C48H77N3O21. The molecule has 0 bridgehead atoms. The van der Waals surface area contributed by atoms with Crippen molar-refractivity contribution in [2.75, 3.05) is 139 Å². The molecule has 72 heavy (non-hydrogen) atoms. The van der Waals surface area contributed by atoms with E-state index in [1.165, 1.54) is 0 Å². The predicted molar refractivity (Wildman–Crippen MR) is 249 cm³/mol. The summed E-state index contributed by atoms with van der Waals surface area (Å²) >= 11 is 0. The number of hydrogen-bond acceptors (Lipinski definition) is 21. The molecule has 6 atom stereocenters. The molecule has 0 saturated carbocycles. The van der Waals surface area contributed by atoms with Crippen LogP contribution in [0.5, 0.6) is 0 Å². The van der Waals surface area contributed by atoms with E-state index in [1.807, 2.05) is 27.7 Å². The average Bonchev–Trinajstić information content (AvgIpc) is 4.15. The maximum Gasteiger partial charge on any atom is 0.336 e. The number of carbonyl (C=O) groups is 3. The molecule has 1 aromatic heterocycles. The summed E-state index contributed by atoms with van der Waals surface area (Å²) in [7, 11) is 0. The van der Waals surface area contributed by atoms with Gasteiger partial charge in [-0.1, -0.05) is 20.8 Å². The third kappa shape index (κ3) is 19.9. The quantitative estimate of drug-likeness (QED) is 0.0279. The fourth-order valence-corrected chi connectivity index (χ4v) is 7.33. The number of hydrogen-bond donors (Lipinski definition) is 0.